The first-order valence-corrected chi connectivity index (χ1v) is 11.0. The summed E-state index contributed by atoms with van der Waals surface area (Å²) in [5.41, 5.74) is 0.679. The number of aromatic nitrogens is 1. The van der Waals surface area contributed by atoms with Gasteiger partial charge in [0.1, 0.15) is 17.6 Å². The highest BCUT2D eigenvalue weighted by Gasteiger charge is 2.47. The number of carbonyl (C=O) groups is 2. The van der Waals surface area contributed by atoms with Crippen LogP contribution in [0.25, 0.3) is 10.2 Å². The van der Waals surface area contributed by atoms with E-state index in [2.05, 4.69) is 4.98 Å². The van der Waals surface area contributed by atoms with Gasteiger partial charge in [0.2, 0.25) is 5.78 Å². The normalized spacial score (nSPS) is 16.5. The summed E-state index contributed by atoms with van der Waals surface area (Å²) in [7, 11) is 1.58. The predicted octanol–water partition coefficient (Wildman–Crippen LogP) is 5.05. The molecule has 1 amide bonds. The van der Waals surface area contributed by atoms with E-state index in [0.29, 0.717) is 22.2 Å². The van der Waals surface area contributed by atoms with E-state index in [1.165, 1.54) is 27.6 Å². The number of hydrogen-bond acceptors (Lipinski definition) is 8. The van der Waals surface area contributed by atoms with Crippen LogP contribution in [0.15, 0.2) is 63.6 Å². The summed E-state index contributed by atoms with van der Waals surface area (Å²) in [5, 5.41) is 13.0. The molecule has 0 saturated heterocycles. The number of thiophene rings is 1. The lowest BCUT2D eigenvalue weighted by Gasteiger charge is -2.22. The zero-order valence-corrected chi connectivity index (χ0v) is 18.1. The Hall–Kier alpha value is -3.43. The van der Waals surface area contributed by atoms with Crippen LogP contribution in [0.5, 0.6) is 5.75 Å². The van der Waals surface area contributed by atoms with Crippen molar-refractivity contribution >= 4 is 49.7 Å². The average Bonchev–Trinajstić information content (AvgIpc) is 3.54. The molecule has 5 rings (SSSR count). The third-order valence-electron chi connectivity index (χ3n) is 5.02. The van der Waals surface area contributed by atoms with Crippen LogP contribution in [0.1, 0.15) is 27.2 Å². The van der Waals surface area contributed by atoms with E-state index in [9.17, 15) is 14.7 Å². The number of Topliss-reactive ketones (excluding diaryl/α,β-unsaturated/α-hetero) is 1. The summed E-state index contributed by atoms with van der Waals surface area (Å²) >= 11 is 2.68. The molecule has 1 N–H and O–H groups in total. The fraction of sp³-hybridized carbons (Fsp3) is 0.136. The number of rotatable bonds is 5. The molecule has 0 fully saturated rings. The van der Waals surface area contributed by atoms with E-state index >= 15 is 0 Å². The Labute approximate surface area is 184 Å². The lowest BCUT2D eigenvalue weighted by atomic mass is 10.0. The number of aliphatic hydroxyl groups excluding tert-OH is 1. The number of anilines is 1. The number of benzene rings is 1. The standard InChI is InChI=1S/C22H16N2O5S2/c1-11-5-8-14(29-11)19(25)17-18(15-4-3-9-30-15)24(21(27)20(17)26)22-23-13-7-6-12(28-2)10-16(13)31-22/h3-10,18,26H,1-2H3. The van der Waals surface area contributed by atoms with Gasteiger partial charge in [0.25, 0.3) is 5.91 Å². The molecule has 0 spiro atoms. The summed E-state index contributed by atoms with van der Waals surface area (Å²) in [4.78, 5) is 33.1. The number of amides is 1. The van der Waals surface area contributed by atoms with Gasteiger partial charge in [0.15, 0.2) is 16.7 Å². The van der Waals surface area contributed by atoms with Gasteiger partial charge in [0.05, 0.1) is 22.9 Å². The van der Waals surface area contributed by atoms with Gasteiger partial charge < -0.3 is 14.3 Å². The Morgan fingerprint density at radius 3 is 2.77 bits per heavy atom. The SMILES string of the molecule is COc1ccc2nc(N3C(=O)C(O)=C(C(=O)c4ccc(C)o4)C3c3cccs3)sc2c1. The fourth-order valence-electron chi connectivity index (χ4n) is 3.56. The maximum Gasteiger partial charge on any atom is 0.296 e. The molecule has 4 aromatic rings. The number of ether oxygens (including phenoxy) is 1. The number of methoxy groups -OCH3 is 1. The minimum atomic E-state index is -0.798. The second-order valence-electron chi connectivity index (χ2n) is 6.92. The number of carbonyl (C=O) groups excluding carboxylic acids is 2. The van der Waals surface area contributed by atoms with E-state index in [4.69, 9.17) is 9.15 Å². The van der Waals surface area contributed by atoms with Crippen molar-refractivity contribution in [3.05, 3.63) is 75.6 Å². The Morgan fingerprint density at radius 2 is 2.10 bits per heavy atom. The van der Waals surface area contributed by atoms with Crippen LogP contribution < -0.4 is 9.64 Å². The first-order valence-electron chi connectivity index (χ1n) is 9.33. The Kier molecular flexibility index (Phi) is 4.64. The molecule has 1 unspecified atom stereocenters. The quantitative estimate of drug-likeness (QED) is 0.426. The summed E-state index contributed by atoms with van der Waals surface area (Å²) in [6.07, 6.45) is 0. The van der Waals surface area contributed by atoms with Crippen LogP contribution in [0, 0.1) is 6.92 Å². The summed E-state index contributed by atoms with van der Waals surface area (Å²) in [5.74, 6) is -0.468. The average molecular weight is 453 g/mol. The van der Waals surface area contributed by atoms with Gasteiger partial charge in [-0.3, -0.25) is 14.5 Å². The van der Waals surface area contributed by atoms with Crippen LogP contribution >= 0.6 is 22.7 Å². The lowest BCUT2D eigenvalue weighted by Crippen LogP contribution is -2.30. The van der Waals surface area contributed by atoms with E-state index in [-0.39, 0.29) is 11.3 Å². The van der Waals surface area contributed by atoms with Crippen molar-refractivity contribution in [3.8, 4) is 5.75 Å². The second-order valence-corrected chi connectivity index (χ2v) is 8.91. The monoisotopic (exact) mass is 452 g/mol. The van der Waals surface area contributed by atoms with Crippen molar-refractivity contribution in [2.24, 2.45) is 0 Å². The van der Waals surface area contributed by atoms with Crippen LogP contribution in [0.2, 0.25) is 0 Å². The minimum Gasteiger partial charge on any atom is -0.503 e. The number of ketones is 1. The van der Waals surface area contributed by atoms with Gasteiger partial charge in [-0.25, -0.2) is 4.98 Å². The fourth-order valence-corrected chi connectivity index (χ4v) is 5.41. The molecule has 1 aromatic carbocycles. The lowest BCUT2D eigenvalue weighted by molar-refractivity contribution is -0.117. The molecular weight excluding hydrogens is 436 g/mol. The Morgan fingerprint density at radius 1 is 1.26 bits per heavy atom. The Balaban J connectivity index is 1.64. The number of furan rings is 1. The molecule has 3 aromatic heterocycles. The maximum absolute atomic E-state index is 13.2. The van der Waals surface area contributed by atoms with Gasteiger partial charge in [-0.1, -0.05) is 17.4 Å². The topological polar surface area (TPSA) is 92.9 Å². The van der Waals surface area contributed by atoms with Crippen molar-refractivity contribution in [2.75, 3.05) is 12.0 Å². The molecule has 9 heteroatoms. The van der Waals surface area contributed by atoms with Crippen LogP contribution in [0.4, 0.5) is 5.13 Å². The zero-order chi connectivity index (χ0) is 21.7. The highest BCUT2D eigenvalue weighted by Crippen LogP contribution is 2.45. The molecule has 1 atom stereocenters. The summed E-state index contributed by atoms with van der Waals surface area (Å²) in [6, 6.07) is 11.5. The largest absolute Gasteiger partial charge is 0.503 e. The van der Waals surface area contributed by atoms with Gasteiger partial charge in [-0.05, 0) is 48.7 Å². The van der Waals surface area contributed by atoms with Gasteiger partial charge >= 0.3 is 0 Å². The first-order chi connectivity index (χ1) is 15.0. The highest BCUT2D eigenvalue weighted by atomic mass is 32.1. The van der Waals surface area contributed by atoms with E-state index in [1.54, 1.807) is 38.3 Å². The molecule has 7 nitrogen and oxygen atoms in total. The molecule has 0 aliphatic carbocycles. The van der Waals surface area contributed by atoms with Gasteiger partial charge in [-0.15, -0.1) is 11.3 Å². The second kappa shape index (κ2) is 7.36. The van der Waals surface area contributed by atoms with Crippen molar-refractivity contribution in [3.63, 3.8) is 0 Å². The van der Waals surface area contributed by atoms with E-state index in [0.717, 1.165) is 9.58 Å². The molecule has 4 heterocycles. The molecular formula is C22H16N2O5S2. The maximum atomic E-state index is 13.2. The molecule has 31 heavy (non-hydrogen) atoms. The van der Waals surface area contributed by atoms with Crippen LogP contribution in [0.3, 0.4) is 0 Å². The molecule has 1 aliphatic rings. The first kappa shape index (κ1) is 19.5. The van der Waals surface area contributed by atoms with Crippen molar-refractivity contribution in [1.82, 2.24) is 4.98 Å². The molecule has 0 saturated carbocycles. The number of hydrogen-bond donors (Lipinski definition) is 1. The summed E-state index contributed by atoms with van der Waals surface area (Å²) in [6.45, 7) is 1.73. The number of nitrogens with zero attached hydrogens (tertiary/aromatic N) is 2. The van der Waals surface area contributed by atoms with E-state index < -0.39 is 23.5 Å². The van der Waals surface area contributed by atoms with Crippen molar-refractivity contribution in [1.29, 1.82) is 0 Å². The van der Waals surface area contributed by atoms with Crippen LogP contribution in [-0.4, -0.2) is 28.9 Å². The number of aliphatic hydroxyl groups is 1. The van der Waals surface area contributed by atoms with Crippen molar-refractivity contribution in [2.45, 2.75) is 13.0 Å². The smallest absolute Gasteiger partial charge is 0.296 e. The van der Waals surface area contributed by atoms with E-state index in [1.807, 2.05) is 23.6 Å². The van der Waals surface area contributed by atoms with Gasteiger partial charge in [-0.2, -0.15) is 0 Å². The minimum absolute atomic E-state index is 0.0152. The number of thiazole rings is 1. The molecule has 1 aliphatic heterocycles. The summed E-state index contributed by atoms with van der Waals surface area (Å²) < 4.78 is 11.6. The molecule has 0 bridgehead atoms. The third-order valence-corrected chi connectivity index (χ3v) is 6.96. The zero-order valence-electron chi connectivity index (χ0n) is 16.5. The molecule has 156 valence electrons. The third kappa shape index (κ3) is 3.13. The molecule has 0 radical (unpaired) electrons. The van der Waals surface area contributed by atoms with Gasteiger partial charge in [0, 0.05) is 4.88 Å². The van der Waals surface area contributed by atoms with Crippen molar-refractivity contribution < 1.29 is 23.8 Å². The van der Waals surface area contributed by atoms with Crippen LogP contribution in [-0.2, 0) is 4.79 Å². The Bertz CT molecular complexity index is 1350. The number of fused-ring (bicyclic) bond motifs is 1. The predicted molar refractivity (Wildman–Crippen MR) is 118 cm³/mol. The highest BCUT2D eigenvalue weighted by molar-refractivity contribution is 7.22. The number of aryl methyl sites for hydroxylation is 1.